The molecule has 0 atom stereocenters. The summed E-state index contributed by atoms with van der Waals surface area (Å²) in [6.07, 6.45) is 0. The summed E-state index contributed by atoms with van der Waals surface area (Å²) >= 11 is 0. The van der Waals surface area contributed by atoms with Crippen LogP contribution in [0.3, 0.4) is 0 Å². The van der Waals surface area contributed by atoms with Gasteiger partial charge in [-0.2, -0.15) is 0 Å². The molecule has 1 saturated heterocycles. The Labute approximate surface area is 319 Å². The summed E-state index contributed by atoms with van der Waals surface area (Å²) < 4.78 is 0. The van der Waals surface area contributed by atoms with E-state index in [-0.39, 0.29) is 47.4 Å². The van der Waals surface area contributed by atoms with Gasteiger partial charge in [-0.1, -0.05) is 72.8 Å². The molecule has 0 aromatic heterocycles. The van der Waals surface area contributed by atoms with Crippen molar-refractivity contribution >= 4 is 0 Å². The molecule has 1 heterocycles. The van der Waals surface area contributed by atoms with Crippen molar-refractivity contribution < 1.29 is 72.9 Å². The molecule has 4 aromatic rings. The summed E-state index contributed by atoms with van der Waals surface area (Å²) in [4.78, 5) is 9.52. The molecule has 0 saturated carbocycles. The zero-order chi connectivity index (χ0) is 32.7. The zero-order valence-corrected chi connectivity index (χ0v) is 30.8. The topological polar surface area (TPSA) is 146 Å². The van der Waals surface area contributed by atoms with E-state index in [2.05, 4.69) is 19.6 Å². The summed E-state index contributed by atoms with van der Waals surface area (Å²) in [6.45, 7) is 8.77. The first-order chi connectivity index (χ1) is 22.4. The molecular formula is C37H50Cl2CuN4O6. The number of halogens is 2. The third-order valence-corrected chi connectivity index (χ3v) is 8.47. The van der Waals surface area contributed by atoms with E-state index in [1.54, 1.807) is 24.3 Å². The Kier molecular flexibility index (Phi) is 23.5. The van der Waals surface area contributed by atoms with Gasteiger partial charge in [0.2, 0.25) is 0 Å². The van der Waals surface area contributed by atoms with E-state index in [9.17, 15) is 20.4 Å². The van der Waals surface area contributed by atoms with Gasteiger partial charge >= 0.3 is 17.1 Å². The molecule has 7 N–H and O–H groups in total. The van der Waals surface area contributed by atoms with Gasteiger partial charge in [0, 0.05) is 108 Å². The number of phenolic OH excluding ortho intramolecular Hbond substituents is 4. The molecule has 0 unspecified atom stereocenters. The molecule has 0 amide bonds. The van der Waals surface area contributed by atoms with Crippen LogP contribution in [-0.4, -0.2) is 110 Å². The van der Waals surface area contributed by atoms with Gasteiger partial charge in [0.05, 0.1) is 0 Å². The standard InChI is InChI=1S/C36H44N4O4.CH4O.2ClH.Cu.H2O/c41-33-13-5-1-9-29(33)25-37-17-19-38(26-30-10-2-6-14-34(30)42)21-23-40(28-32-12-4-8-16-36(32)44)24-22-39(20-18-37)27-31-11-3-7-15-35(31)43;1-2;;;;/h1-16,41-44H,17-28H2;2H,1H3;2*1H;;1H2/q;;;;+2;/p-2. The van der Waals surface area contributed by atoms with Crippen LogP contribution in [0.25, 0.3) is 0 Å². The van der Waals surface area contributed by atoms with Gasteiger partial charge in [0.25, 0.3) is 0 Å². The molecule has 1 aliphatic heterocycles. The summed E-state index contributed by atoms with van der Waals surface area (Å²) in [7, 11) is 1.00. The van der Waals surface area contributed by atoms with Gasteiger partial charge in [0.1, 0.15) is 23.0 Å². The van der Waals surface area contributed by atoms with E-state index >= 15 is 0 Å². The van der Waals surface area contributed by atoms with Gasteiger partial charge in [0.15, 0.2) is 0 Å². The fraction of sp³-hybridized carbons (Fsp3) is 0.351. The van der Waals surface area contributed by atoms with Crippen molar-refractivity contribution in [3.63, 3.8) is 0 Å². The van der Waals surface area contributed by atoms with E-state index in [4.69, 9.17) is 5.11 Å². The van der Waals surface area contributed by atoms with Crippen molar-refractivity contribution in [2.45, 2.75) is 26.2 Å². The van der Waals surface area contributed by atoms with Gasteiger partial charge < -0.3 is 55.8 Å². The van der Waals surface area contributed by atoms with Crippen LogP contribution >= 0.6 is 0 Å². The van der Waals surface area contributed by atoms with Crippen LogP contribution in [0.2, 0.25) is 0 Å². The maximum Gasteiger partial charge on any atom is 2.00 e. The summed E-state index contributed by atoms with van der Waals surface area (Å²) in [5, 5.41) is 49.2. The van der Waals surface area contributed by atoms with Crippen LogP contribution in [-0.2, 0) is 43.2 Å². The van der Waals surface area contributed by atoms with Crippen LogP contribution in [0.4, 0.5) is 0 Å². The average molecular weight is 781 g/mol. The van der Waals surface area contributed by atoms with Crippen molar-refractivity contribution in [1.82, 2.24) is 19.6 Å². The predicted octanol–water partition coefficient (Wildman–Crippen LogP) is -2.38. The van der Waals surface area contributed by atoms with Crippen LogP contribution in [0.15, 0.2) is 97.1 Å². The van der Waals surface area contributed by atoms with Crippen LogP contribution in [0.1, 0.15) is 22.3 Å². The minimum atomic E-state index is 0. The van der Waals surface area contributed by atoms with Crippen molar-refractivity contribution in [2.24, 2.45) is 0 Å². The number of hydrogen-bond donors (Lipinski definition) is 5. The molecule has 50 heavy (non-hydrogen) atoms. The van der Waals surface area contributed by atoms with Crippen molar-refractivity contribution in [3.05, 3.63) is 119 Å². The van der Waals surface area contributed by atoms with E-state index in [1.807, 2.05) is 72.8 Å². The van der Waals surface area contributed by atoms with E-state index < -0.39 is 0 Å². The van der Waals surface area contributed by atoms with Crippen LogP contribution < -0.4 is 24.8 Å². The normalized spacial score (nSPS) is 14.8. The number of phenols is 4. The Morgan fingerprint density at radius 3 is 0.700 bits per heavy atom. The molecule has 1 fully saturated rings. The third-order valence-electron chi connectivity index (χ3n) is 8.47. The number of aromatic hydroxyl groups is 4. The first-order valence-corrected chi connectivity index (χ1v) is 15.9. The number of rotatable bonds is 8. The Balaban J connectivity index is 0.00000393. The molecule has 0 aliphatic carbocycles. The SMILES string of the molecule is CO.O.Oc1ccccc1CN1CCN(Cc2ccccc2O)CCN(Cc2ccccc2O)CCN(Cc2ccccc2O)CC1.[Cl-].[Cl-].[Cu+2]. The fourth-order valence-electron chi connectivity index (χ4n) is 5.75. The molecule has 279 valence electrons. The molecule has 0 bridgehead atoms. The Morgan fingerprint density at radius 2 is 0.540 bits per heavy atom. The zero-order valence-electron chi connectivity index (χ0n) is 28.3. The third kappa shape index (κ3) is 14.7. The molecule has 1 aliphatic rings. The van der Waals surface area contributed by atoms with Gasteiger partial charge in [-0.05, 0) is 24.3 Å². The van der Waals surface area contributed by atoms with Crippen molar-refractivity contribution in [3.8, 4) is 23.0 Å². The van der Waals surface area contributed by atoms with Crippen LogP contribution in [0, 0.1) is 0 Å². The van der Waals surface area contributed by atoms with Crippen molar-refractivity contribution in [1.29, 1.82) is 0 Å². The molecule has 10 nitrogen and oxygen atoms in total. The van der Waals surface area contributed by atoms with Gasteiger partial charge in [-0.15, -0.1) is 0 Å². The molecule has 0 spiro atoms. The number of nitrogens with zero attached hydrogens (tertiary/aromatic N) is 4. The predicted molar refractivity (Wildman–Crippen MR) is 185 cm³/mol. The second-order valence-corrected chi connectivity index (χ2v) is 11.6. The maximum atomic E-state index is 10.5. The molecule has 5 rings (SSSR count). The fourth-order valence-corrected chi connectivity index (χ4v) is 5.75. The van der Waals surface area contributed by atoms with Gasteiger partial charge in [-0.25, -0.2) is 0 Å². The van der Waals surface area contributed by atoms with Crippen molar-refractivity contribution in [2.75, 3.05) is 59.5 Å². The first-order valence-electron chi connectivity index (χ1n) is 15.9. The monoisotopic (exact) mass is 779 g/mol. The Hall–Kier alpha value is -3.06. The molecule has 1 radical (unpaired) electrons. The summed E-state index contributed by atoms with van der Waals surface area (Å²) in [5.74, 6) is 1.21. The number of hydrogen-bond acceptors (Lipinski definition) is 9. The Bertz CT molecular complexity index is 1270. The Morgan fingerprint density at radius 1 is 0.380 bits per heavy atom. The number of benzene rings is 4. The van der Waals surface area contributed by atoms with E-state index in [1.165, 1.54) is 0 Å². The summed E-state index contributed by atoms with van der Waals surface area (Å²) in [5.41, 5.74) is 3.58. The molecule has 4 aromatic carbocycles. The number of aliphatic hydroxyl groups excluding tert-OH is 1. The maximum absolute atomic E-state index is 10.5. The quantitative estimate of drug-likeness (QED) is 0.124. The number of aliphatic hydroxyl groups is 1. The summed E-state index contributed by atoms with van der Waals surface area (Å²) in [6, 6.07) is 30.1. The van der Waals surface area contributed by atoms with Gasteiger partial charge in [-0.3, -0.25) is 19.6 Å². The molecular weight excluding hydrogens is 731 g/mol. The number of para-hydroxylation sites is 4. The smallest absolute Gasteiger partial charge is 1.00 e. The van der Waals surface area contributed by atoms with E-state index in [0.29, 0.717) is 49.2 Å². The van der Waals surface area contributed by atoms with E-state index in [0.717, 1.165) is 81.7 Å². The van der Waals surface area contributed by atoms with Crippen LogP contribution in [0.5, 0.6) is 23.0 Å². The molecule has 13 heteroatoms. The first kappa shape index (κ1) is 46.9. The minimum absolute atomic E-state index is 0. The largest absolute Gasteiger partial charge is 2.00 e. The minimum Gasteiger partial charge on any atom is -1.00 e. The second kappa shape index (κ2) is 25.0. The second-order valence-electron chi connectivity index (χ2n) is 11.6. The average Bonchev–Trinajstić information content (AvgIpc) is 3.07.